The second-order valence-electron chi connectivity index (χ2n) is 17.9. The minimum atomic E-state index is -1.80. The van der Waals surface area contributed by atoms with Crippen LogP contribution < -0.4 is 5.32 Å². The number of unbranched alkanes of at least 4 members (excludes halogenated alkanes) is 11. The Morgan fingerprint density at radius 2 is 1.01 bits per heavy atom. The van der Waals surface area contributed by atoms with Crippen LogP contribution in [0.25, 0.3) is 0 Å². The van der Waals surface area contributed by atoms with E-state index >= 15 is 0 Å². The van der Waals surface area contributed by atoms with Gasteiger partial charge in [0.15, 0.2) is 12.6 Å². The van der Waals surface area contributed by atoms with E-state index in [-0.39, 0.29) is 18.9 Å². The van der Waals surface area contributed by atoms with Gasteiger partial charge in [-0.05, 0) is 83.5 Å². The van der Waals surface area contributed by atoms with Crippen LogP contribution in [0.4, 0.5) is 0 Å². The number of rotatable bonds is 38. The van der Waals surface area contributed by atoms with Gasteiger partial charge in [-0.3, -0.25) is 4.79 Å². The number of aliphatic hydroxyl groups is 8. The zero-order valence-corrected chi connectivity index (χ0v) is 41.8. The molecule has 0 radical (unpaired) electrons. The van der Waals surface area contributed by atoms with Crippen LogP contribution in [0.1, 0.15) is 149 Å². The van der Waals surface area contributed by atoms with Crippen molar-refractivity contribution in [2.45, 2.75) is 222 Å². The van der Waals surface area contributed by atoms with Crippen molar-refractivity contribution in [3.8, 4) is 0 Å². The first-order chi connectivity index (χ1) is 33.6. The fraction of sp³-hybridized carbons (Fsp3) is 0.691. The van der Waals surface area contributed by atoms with Gasteiger partial charge in [-0.1, -0.05) is 156 Å². The van der Waals surface area contributed by atoms with E-state index in [4.69, 9.17) is 18.9 Å². The van der Waals surface area contributed by atoms with Crippen molar-refractivity contribution < 1.29 is 64.6 Å². The van der Waals surface area contributed by atoms with E-state index in [0.29, 0.717) is 12.8 Å². The van der Waals surface area contributed by atoms with Crippen LogP contribution >= 0.6 is 0 Å². The average Bonchev–Trinajstić information content (AvgIpc) is 3.35. The molecular weight excluding hydrogens is 883 g/mol. The van der Waals surface area contributed by atoms with E-state index < -0.39 is 86.8 Å². The molecule has 2 fully saturated rings. The Labute approximate surface area is 413 Å². The second-order valence-corrected chi connectivity index (χ2v) is 17.9. The molecule has 0 saturated carbocycles. The van der Waals surface area contributed by atoms with Gasteiger partial charge in [0, 0.05) is 6.42 Å². The Morgan fingerprint density at radius 3 is 1.59 bits per heavy atom. The van der Waals surface area contributed by atoms with E-state index in [1.165, 1.54) is 12.8 Å². The third-order valence-electron chi connectivity index (χ3n) is 12.0. The van der Waals surface area contributed by atoms with Gasteiger partial charge >= 0.3 is 0 Å². The molecule has 69 heavy (non-hydrogen) atoms. The van der Waals surface area contributed by atoms with Crippen molar-refractivity contribution in [2.24, 2.45) is 0 Å². The Balaban J connectivity index is 1.82. The lowest BCUT2D eigenvalue weighted by molar-refractivity contribution is -0.359. The molecule has 1 amide bonds. The molecule has 9 N–H and O–H groups in total. The Hall–Kier alpha value is -3.09. The van der Waals surface area contributed by atoms with E-state index in [2.05, 4.69) is 104 Å². The number of amides is 1. The summed E-state index contributed by atoms with van der Waals surface area (Å²) in [6.07, 6.45) is 37.3. The standard InChI is InChI=1S/C55H91NO13/c1-3-5-7-9-11-13-15-17-18-19-20-21-22-23-24-25-26-27-29-31-33-35-37-39-47(60)56-43(44(59)38-36-34-32-30-28-16-14-12-10-8-6-4-2)42-66-54-52(65)50(63)53(46(41-58)68-54)69-55-51(64)49(62)48(61)45(40-57)67-55/h5,7,10-13,17-18,20-21,23-24,28,30,36,38,43-46,48-55,57-59,61-65H,3-4,6,8-9,14-16,19,22,25-27,29,31-35,37,39-42H2,1-2H3,(H,56,60)/b7-5-,12-10+,13-11-,18-17-,21-20-,24-23-,30-28+,38-36+. The zero-order valence-electron chi connectivity index (χ0n) is 41.8. The second kappa shape index (κ2) is 40.5. The molecule has 0 spiro atoms. The van der Waals surface area contributed by atoms with Crippen molar-refractivity contribution in [3.05, 3.63) is 97.2 Å². The highest BCUT2D eigenvalue weighted by atomic mass is 16.7. The lowest BCUT2D eigenvalue weighted by Crippen LogP contribution is -2.65. The SMILES string of the molecule is CC/C=C\C/C=C\C/C=C\C/C=C\C/C=C\CCCCCCCCCC(=O)NC(COC1OC(CO)C(OC2OC(CO)C(O)C(O)C2O)C(O)C1O)C(O)/C=C/CC/C=C/CC/C=C/CCCC. The number of carbonyl (C=O) groups excluding carboxylic acids is 1. The van der Waals surface area contributed by atoms with Crippen molar-refractivity contribution in [3.63, 3.8) is 0 Å². The third-order valence-corrected chi connectivity index (χ3v) is 12.0. The summed E-state index contributed by atoms with van der Waals surface area (Å²) in [4.78, 5) is 13.2. The van der Waals surface area contributed by atoms with E-state index in [9.17, 15) is 45.6 Å². The van der Waals surface area contributed by atoms with Crippen LogP contribution in [0.5, 0.6) is 0 Å². The molecule has 2 heterocycles. The number of carbonyl (C=O) groups is 1. The molecule has 0 bridgehead atoms. The first-order valence-electron chi connectivity index (χ1n) is 26.0. The minimum absolute atomic E-state index is 0.250. The monoisotopic (exact) mass is 974 g/mol. The van der Waals surface area contributed by atoms with Gasteiger partial charge in [-0.25, -0.2) is 0 Å². The lowest BCUT2D eigenvalue weighted by Gasteiger charge is -2.46. The summed E-state index contributed by atoms with van der Waals surface area (Å²) in [7, 11) is 0. The van der Waals surface area contributed by atoms with Crippen LogP contribution in [-0.4, -0.2) is 140 Å². The predicted molar refractivity (Wildman–Crippen MR) is 272 cm³/mol. The quantitative estimate of drug-likeness (QED) is 0.0222. The first-order valence-corrected chi connectivity index (χ1v) is 26.0. The number of nitrogens with one attached hydrogen (secondary N) is 1. The summed E-state index contributed by atoms with van der Waals surface area (Å²) in [6, 6.07) is -0.949. The Bertz CT molecular complexity index is 1520. The first kappa shape index (κ1) is 62.0. The van der Waals surface area contributed by atoms with Crippen LogP contribution in [0.3, 0.4) is 0 Å². The van der Waals surface area contributed by atoms with E-state index in [1.54, 1.807) is 6.08 Å². The van der Waals surface area contributed by atoms with Gasteiger partial charge in [-0.15, -0.1) is 0 Å². The number of hydrogen-bond acceptors (Lipinski definition) is 13. The number of ether oxygens (including phenoxy) is 4. The van der Waals surface area contributed by atoms with Gasteiger partial charge in [0.25, 0.3) is 0 Å². The van der Waals surface area contributed by atoms with Crippen molar-refractivity contribution in [2.75, 3.05) is 19.8 Å². The topological polar surface area (TPSA) is 228 Å². The van der Waals surface area contributed by atoms with Crippen LogP contribution in [0.15, 0.2) is 97.2 Å². The van der Waals surface area contributed by atoms with Crippen LogP contribution in [-0.2, 0) is 23.7 Å². The molecule has 14 nitrogen and oxygen atoms in total. The molecule has 0 aromatic rings. The predicted octanol–water partition coefficient (Wildman–Crippen LogP) is 7.15. The van der Waals surface area contributed by atoms with Crippen LogP contribution in [0, 0.1) is 0 Å². The van der Waals surface area contributed by atoms with Crippen molar-refractivity contribution in [1.82, 2.24) is 5.32 Å². The molecule has 2 aliphatic heterocycles. The average molecular weight is 974 g/mol. The number of allylic oxidation sites excluding steroid dienone is 15. The summed E-state index contributed by atoms with van der Waals surface area (Å²) in [5, 5.41) is 86.7. The molecule has 2 saturated heterocycles. The fourth-order valence-electron chi connectivity index (χ4n) is 7.74. The molecule has 14 heteroatoms. The molecule has 0 aliphatic carbocycles. The van der Waals surface area contributed by atoms with E-state index in [1.807, 2.05) is 6.08 Å². The molecular formula is C55H91NO13. The molecule has 0 aromatic heterocycles. The largest absolute Gasteiger partial charge is 0.394 e. The summed E-state index contributed by atoms with van der Waals surface area (Å²) < 4.78 is 22.6. The summed E-state index contributed by atoms with van der Waals surface area (Å²) >= 11 is 0. The molecule has 12 atom stereocenters. The summed E-state index contributed by atoms with van der Waals surface area (Å²) in [5.74, 6) is -0.272. The molecule has 2 rings (SSSR count). The van der Waals surface area contributed by atoms with Crippen LogP contribution in [0.2, 0.25) is 0 Å². The fourth-order valence-corrected chi connectivity index (χ4v) is 7.74. The maximum absolute atomic E-state index is 13.2. The minimum Gasteiger partial charge on any atom is -0.394 e. The van der Waals surface area contributed by atoms with Crippen molar-refractivity contribution in [1.29, 1.82) is 0 Å². The van der Waals surface area contributed by atoms with Crippen molar-refractivity contribution >= 4 is 5.91 Å². The summed E-state index contributed by atoms with van der Waals surface area (Å²) in [6.45, 7) is 2.56. The lowest BCUT2D eigenvalue weighted by atomic mass is 9.97. The molecule has 2 aliphatic rings. The smallest absolute Gasteiger partial charge is 0.220 e. The van der Waals surface area contributed by atoms with E-state index in [0.717, 1.165) is 103 Å². The zero-order chi connectivity index (χ0) is 50.3. The Morgan fingerprint density at radius 1 is 0.536 bits per heavy atom. The maximum atomic E-state index is 13.2. The normalized spacial score (nSPS) is 27.0. The molecule has 12 unspecified atom stereocenters. The van der Waals surface area contributed by atoms with Gasteiger partial charge in [0.2, 0.25) is 5.91 Å². The van der Waals surface area contributed by atoms with Gasteiger partial charge in [0.1, 0.15) is 48.8 Å². The third kappa shape index (κ3) is 27.4. The maximum Gasteiger partial charge on any atom is 0.220 e. The highest BCUT2D eigenvalue weighted by Crippen LogP contribution is 2.30. The Kier molecular flexibility index (Phi) is 36.4. The summed E-state index contributed by atoms with van der Waals surface area (Å²) in [5.41, 5.74) is 0. The molecule has 394 valence electrons. The molecule has 0 aromatic carbocycles. The highest BCUT2D eigenvalue weighted by Gasteiger charge is 2.51. The van der Waals surface area contributed by atoms with Gasteiger partial charge in [0.05, 0.1) is 32.0 Å². The van der Waals surface area contributed by atoms with Gasteiger partial charge in [-0.2, -0.15) is 0 Å². The number of aliphatic hydroxyl groups excluding tert-OH is 8. The van der Waals surface area contributed by atoms with Gasteiger partial charge < -0.3 is 65.1 Å². The number of hydrogen-bond donors (Lipinski definition) is 9. The highest BCUT2D eigenvalue weighted by molar-refractivity contribution is 5.76.